The molecule has 4 rings (SSSR count). The minimum Gasteiger partial charge on any atom is -0.306 e. The van der Waals surface area contributed by atoms with E-state index in [0.717, 1.165) is 17.8 Å². The van der Waals surface area contributed by atoms with Crippen LogP contribution in [0.1, 0.15) is 60.9 Å². The zero-order valence-corrected chi connectivity index (χ0v) is 19.3. The highest BCUT2D eigenvalue weighted by atomic mass is 35.5. The Morgan fingerprint density at radius 1 is 1.18 bits per heavy atom. The normalized spacial score (nSPS) is 14.5. The number of amides is 1. The molecule has 3 aromatic rings. The molecule has 33 heavy (non-hydrogen) atoms. The number of nitrogens with one attached hydrogen (secondary N) is 1. The molecule has 0 bridgehead atoms. The number of hydrogen-bond acceptors (Lipinski definition) is 4. The van der Waals surface area contributed by atoms with Crippen molar-refractivity contribution in [1.29, 1.82) is 0 Å². The molecular formula is C21H25ClF3N7O. The summed E-state index contributed by atoms with van der Waals surface area (Å²) in [5.41, 5.74) is 1.61. The third-order valence-electron chi connectivity index (χ3n) is 5.87. The molecule has 0 saturated heterocycles. The number of rotatable bonds is 7. The summed E-state index contributed by atoms with van der Waals surface area (Å²) in [5.74, 6) is -0.356. The maximum absolute atomic E-state index is 13.4. The highest BCUT2D eigenvalue weighted by molar-refractivity contribution is 6.33. The molecule has 8 nitrogen and oxygen atoms in total. The Morgan fingerprint density at radius 3 is 2.58 bits per heavy atom. The van der Waals surface area contributed by atoms with Crippen LogP contribution in [0.3, 0.4) is 0 Å². The number of carbonyl (C=O) groups excluding carboxylic acids is 1. The first-order valence-corrected chi connectivity index (χ1v) is 11.2. The number of anilines is 1. The fourth-order valence-electron chi connectivity index (χ4n) is 4.23. The summed E-state index contributed by atoms with van der Waals surface area (Å²) in [6.07, 6.45) is 0.611. The van der Waals surface area contributed by atoms with Crippen LogP contribution in [-0.2, 0) is 36.9 Å². The minimum absolute atomic E-state index is 0.153. The van der Waals surface area contributed by atoms with Gasteiger partial charge >= 0.3 is 6.18 Å². The molecule has 0 fully saturated rings. The predicted octanol–water partition coefficient (Wildman–Crippen LogP) is 4.40. The van der Waals surface area contributed by atoms with Gasteiger partial charge in [0, 0.05) is 35.8 Å². The van der Waals surface area contributed by atoms with E-state index in [1.54, 1.807) is 17.8 Å². The van der Waals surface area contributed by atoms with Gasteiger partial charge in [-0.15, -0.1) is 0 Å². The number of carbonyl (C=O) groups is 1. The van der Waals surface area contributed by atoms with E-state index < -0.39 is 23.8 Å². The fourth-order valence-corrected chi connectivity index (χ4v) is 4.43. The van der Waals surface area contributed by atoms with Crippen molar-refractivity contribution >= 4 is 23.3 Å². The number of fused-ring (bicyclic) bond motifs is 1. The number of halogens is 4. The molecule has 1 N–H and O–H groups in total. The molecule has 1 unspecified atom stereocenters. The molecule has 1 aliphatic rings. The lowest BCUT2D eigenvalue weighted by Crippen LogP contribution is -2.28. The molecular weight excluding hydrogens is 459 g/mol. The second kappa shape index (κ2) is 8.85. The van der Waals surface area contributed by atoms with Gasteiger partial charge in [0.05, 0.1) is 12.2 Å². The van der Waals surface area contributed by atoms with E-state index in [4.69, 9.17) is 11.6 Å². The van der Waals surface area contributed by atoms with Gasteiger partial charge in [-0.05, 0) is 39.5 Å². The molecule has 1 atom stereocenters. The number of aryl methyl sites for hydroxylation is 2. The number of nitrogens with zero attached hydrogens (tertiary/aromatic N) is 6. The lowest BCUT2D eigenvalue weighted by atomic mass is 10.1. The van der Waals surface area contributed by atoms with Gasteiger partial charge in [-0.1, -0.05) is 18.5 Å². The Hall–Kier alpha value is -2.82. The van der Waals surface area contributed by atoms with E-state index in [2.05, 4.69) is 20.6 Å². The standard InChI is InChI=1S/C21H25ClF3N7O/c1-4-16(32-17-8-6-7-14(17)18(28-32)21(23,24)25)20(33)26-19-15(22)11-31(29-19)10-13-9-30(5-2)27-12(13)3/h9,11,16H,4-8,10H2,1-3H3,(H,26,29,33). The summed E-state index contributed by atoms with van der Waals surface area (Å²) in [6.45, 7) is 6.78. The van der Waals surface area contributed by atoms with Gasteiger partial charge in [0.15, 0.2) is 11.5 Å². The lowest BCUT2D eigenvalue weighted by molar-refractivity contribution is -0.142. The van der Waals surface area contributed by atoms with Crippen LogP contribution in [0.15, 0.2) is 12.4 Å². The third-order valence-corrected chi connectivity index (χ3v) is 6.15. The Kier molecular flexibility index (Phi) is 6.26. The van der Waals surface area contributed by atoms with Gasteiger partial charge in [0.1, 0.15) is 11.1 Å². The maximum Gasteiger partial charge on any atom is 0.435 e. The SMILES string of the molecule is CCC(C(=O)Nc1nn(Cc2cn(CC)nc2C)cc1Cl)n1nc(C(F)(F)F)c2c1CCC2. The largest absolute Gasteiger partial charge is 0.435 e. The first-order valence-electron chi connectivity index (χ1n) is 10.9. The maximum atomic E-state index is 13.4. The van der Waals surface area contributed by atoms with E-state index in [1.807, 2.05) is 24.7 Å². The van der Waals surface area contributed by atoms with Crippen molar-refractivity contribution < 1.29 is 18.0 Å². The molecule has 178 valence electrons. The summed E-state index contributed by atoms with van der Waals surface area (Å²) < 4.78 is 45.0. The number of hydrogen-bond donors (Lipinski definition) is 1. The first kappa shape index (κ1) is 23.3. The van der Waals surface area contributed by atoms with Crippen molar-refractivity contribution in [2.75, 3.05) is 5.32 Å². The van der Waals surface area contributed by atoms with Crippen molar-refractivity contribution in [2.45, 2.75) is 71.8 Å². The highest BCUT2D eigenvalue weighted by Gasteiger charge is 2.41. The number of alkyl halides is 3. The van der Waals surface area contributed by atoms with Crippen LogP contribution in [0.2, 0.25) is 5.02 Å². The molecule has 0 aromatic carbocycles. The van der Waals surface area contributed by atoms with E-state index in [0.29, 0.717) is 31.5 Å². The van der Waals surface area contributed by atoms with Crippen LogP contribution >= 0.6 is 11.6 Å². The van der Waals surface area contributed by atoms with Crippen LogP contribution in [0, 0.1) is 6.92 Å². The van der Waals surface area contributed by atoms with E-state index in [9.17, 15) is 18.0 Å². The summed E-state index contributed by atoms with van der Waals surface area (Å²) in [6, 6.07) is -0.904. The average molecular weight is 484 g/mol. The van der Waals surface area contributed by atoms with Gasteiger partial charge in [0.2, 0.25) is 5.91 Å². The molecule has 1 aliphatic carbocycles. The van der Waals surface area contributed by atoms with Gasteiger partial charge in [-0.3, -0.25) is 18.8 Å². The Labute approximate surface area is 193 Å². The zero-order chi connectivity index (χ0) is 23.9. The van der Waals surface area contributed by atoms with Crippen LogP contribution in [-0.4, -0.2) is 35.2 Å². The van der Waals surface area contributed by atoms with Crippen LogP contribution < -0.4 is 5.32 Å². The Bertz CT molecular complexity index is 1180. The topological polar surface area (TPSA) is 82.6 Å². The second-order valence-corrected chi connectivity index (χ2v) is 8.51. The molecule has 1 amide bonds. The zero-order valence-electron chi connectivity index (χ0n) is 18.6. The Balaban J connectivity index is 1.55. The van der Waals surface area contributed by atoms with Gasteiger partial charge in [0.25, 0.3) is 0 Å². The lowest BCUT2D eigenvalue weighted by Gasteiger charge is -2.17. The first-order chi connectivity index (χ1) is 15.6. The minimum atomic E-state index is -4.56. The van der Waals surface area contributed by atoms with Crippen molar-refractivity contribution in [1.82, 2.24) is 29.3 Å². The van der Waals surface area contributed by atoms with Crippen LogP contribution in [0.4, 0.5) is 19.0 Å². The van der Waals surface area contributed by atoms with E-state index in [1.165, 1.54) is 4.68 Å². The van der Waals surface area contributed by atoms with Gasteiger partial charge in [-0.25, -0.2) is 0 Å². The van der Waals surface area contributed by atoms with Crippen molar-refractivity contribution in [3.63, 3.8) is 0 Å². The van der Waals surface area contributed by atoms with Crippen molar-refractivity contribution in [2.24, 2.45) is 0 Å². The van der Waals surface area contributed by atoms with Crippen LogP contribution in [0.5, 0.6) is 0 Å². The van der Waals surface area contributed by atoms with E-state index >= 15 is 0 Å². The molecule has 3 aromatic heterocycles. The summed E-state index contributed by atoms with van der Waals surface area (Å²) in [4.78, 5) is 13.0. The Morgan fingerprint density at radius 2 is 1.94 bits per heavy atom. The quantitative estimate of drug-likeness (QED) is 0.540. The molecule has 0 saturated carbocycles. The van der Waals surface area contributed by atoms with Crippen molar-refractivity contribution in [3.05, 3.63) is 45.6 Å². The molecule has 0 aliphatic heterocycles. The van der Waals surface area contributed by atoms with E-state index in [-0.39, 0.29) is 22.8 Å². The monoisotopic (exact) mass is 483 g/mol. The molecule has 0 radical (unpaired) electrons. The number of aromatic nitrogens is 6. The summed E-state index contributed by atoms with van der Waals surface area (Å²) in [7, 11) is 0. The van der Waals surface area contributed by atoms with Gasteiger partial charge < -0.3 is 5.32 Å². The smallest absolute Gasteiger partial charge is 0.306 e. The molecule has 3 heterocycles. The fraction of sp³-hybridized carbons (Fsp3) is 0.524. The summed E-state index contributed by atoms with van der Waals surface area (Å²) >= 11 is 6.29. The molecule has 12 heteroatoms. The highest BCUT2D eigenvalue weighted by Crippen LogP contribution is 2.38. The van der Waals surface area contributed by atoms with Gasteiger partial charge in [-0.2, -0.15) is 28.5 Å². The third kappa shape index (κ3) is 4.50. The average Bonchev–Trinajstić information content (AvgIpc) is 3.49. The van der Waals surface area contributed by atoms with Crippen molar-refractivity contribution in [3.8, 4) is 0 Å². The molecule has 0 spiro atoms. The van der Waals surface area contributed by atoms with Crippen LogP contribution in [0.25, 0.3) is 0 Å². The predicted molar refractivity (Wildman–Crippen MR) is 116 cm³/mol. The summed E-state index contributed by atoms with van der Waals surface area (Å²) in [5, 5.41) is 15.5. The second-order valence-electron chi connectivity index (χ2n) is 8.10.